The first-order chi connectivity index (χ1) is 9.46. The van der Waals surface area contributed by atoms with E-state index in [4.69, 9.17) is 4.74 Å². The van der Waals surface area contributed by atoms with Gasteiger partial charge in [0.25, 0.3) is 0 Å². The molecule has 0 saturated carbocycles. The lowest BCUT2D eigenvalue weighted by Gasteiger charge is -2.13. The van der Waals surface area contributed by atoms with Crippen LogP contribution in [-0.4, -0.2) is 34.7 Å². The van der Waals surface area contributed by atoms with Gasteiger partial charge in [-0.3, -0.25) is 0 Å². The molecule has 0 saturated heterocycles. The van der Waals surface area contributed by atoms with Gasteiger partial charge in [0.05, 0.1) is 12.4 Å². The van der Waals surface area contributed by atoms with Gasteiger partial charge < -0.3 is 10.1 Å². The predicted molar refractivity (Wildman–Crippen MR) is 80.9 cm³/mol. The summed E-state index contributed by atoms with van der Waals surface area (Å²) in [6, 6.07) is 7.39. The molecule has 5 nitrogen and oxygen atoms in total. The van der Waals surface area contributed by atoms with Gasteiger partial charge >= 0.3 is 0 Å². The van der Waals surface area contributed by atoms with Crippen LogP contribution in [0.1, 0.15) is 25.0 Å². The number of methoxy groups -OCH3 is 1. The molecule has 1 atom stereocenters. The minimum Gasteiger partial charge on any atom is -0.383 e. The number of rotatable bonds is 9. The van der Waals surface area contributed by atoms with Crippen LogP contribution in [-0.2, 0) is 27.1 Å². The lowest BCUT2D eigenvalue weighted by molar-refractivity contribution is 0.180. The number of benzene rings is 1. The van der Waals surface area contributed by atoms with Crippen molar-refractivity contribution in [2.24, 2.45) is 0 Å². The molecule has 0 spiro atoms. The minimum atomic E-state index is -3.33. The van der Waals surface area contributed by atoms with Gasteiger partial charge in [-0.1, -0.05) is 31.2 Å². The Hall–Kier alpha value is -0.950. The quantitative estimate of drug-likeness (QED) is 0.720. The Balaban J connectivity index is 2.58. The van der Waals surface area contributed by atoms with Crippen molar-refractivity contribution in [3.05, 3.63) is 35.4 Å². The van der Waals surface area contributed by atoms with Crippen molar-refractivity contribution in [1.29, 1.82) is 0 Å². The molecule has 6 heteroatoms. The van der Waals surface area contributed by atoms with Crippen LogP contribution >= 0.6 is 0 Å². The monoisotopic (exact) mass is 300 g/mol. The van der Waals surface area contributed by atoms with Crippen LogP contribution < -0.4 is 10.0 Å². The molecule has 0 amide bonds. The second-order valence-corrected chi connectivity index (χ2v) is 6.58. The summed E-state index contributed by atoms with van der Waals surface area (Å²) in [5.74, 6) is -0.0114. The second-order valence-electron chi connectivity index (χ2n) is 4.83. The highest BCUT2D eigenvalue weighted by Crippen LogP contribution is 2.08. The fourth-order valence-electron chi connectivity index (χ4n) is 1.87. The Morgan fingerprint density at radius 2 is 1.80 bits per heavy atom. The number of hydrogen-bond donors (Lipinski definition) is 2. The second kappa shape index (κ2) is 8.36. The molecule has 1 rings (SSSR count). The van der Waals surface area contributed by atoms with E-state index in [0.29, 0.717) is 6.61 Å². The molecule has 2 N–H and O–H groups in total. The van der Waals surface area contributed by atoms with Gasteiger partial charge in [-0.25, -0.2) is 13.1 Å². The third-order valence-corrected chi connectivity index (χ3v) is 4.23. The number of nitrogens with one attached hydrogen (secondary N) is 2. The zero-order valence-electron chi connectivity index (χ0n) is 12.3. The Morgan fingerprint density at radius 1 is 1.20 bits per heavy atom. The van der Waals surface area contributed by atoms with Crippen molar-refractivity contribution in [2.45, 2.75) is 32.2 Å². The maximum Gasteiger partial charge on any atom is 0.216 e. The summed E-state index contributed by atoms with van der Waals surface area (Å²) >= 11 is 0. The topological polar surface area (TPSA) is 67.4 Å². The zero-order valence-corrected chi connectivity index (χ0v) is 13.2. The molecule has 0 bridgehead atoms. The first-order valence-corrected chi connectivity index (χ1v) is 8.39. The first kappa shape index (κ1) is 17.1. The van der Waals surface area contributed by atoms with Crippen LogP contribution in [0.4, 0.5) is 0 Å². The summed E-state index contributed by atoms with van der Waals surface area (Å²) < 4.78 is 31.4. The molecule has 0 heterocycles. The van der Waals surface area contributed by atoms with E-state index in [1.165, 1.54) is 0 Å². The molecular formula is C14H24N2O3S. The van der Waals surface area contributed by atoms with E-state index < -0.39 is 10.0 Å². The Kier molecular flexibility index (Phi) is 7.15. The van der Waals surface area contributed by atoms with Crippen molar-refractivity contribution in [3.8, 4) is 0 Å². The van der Waals surface area contributed by atoms with Crippen LogP contribution in [0.5, 0.6) is 0 Å². The molecule has 0 aliphatic rings. The SMILES string of the molecule is CCNCc1ccc(CS(=O)(=O)NC(C)COC)cc1. The number of ether oxygens (including phenoxy) is 1. The lowest BCUT2D eigenvalue weighted by atomic mass is 10.1. The van der Waals surface area contributed by atoms with E-state index in [0.717, 1.165) is 24.2 Å². The molecule has 0 aromatic heterocycles. The highest BCUT2D eigenvalue weighted by molar-refractivity contribution is 7.88. The van der Waals surface area contributed by atoms with E-state index in [2.05, 4.69) is 10.0 Å². The van der Waals surface area contributed by atoms with Crippen molar-refractivity contribution < 1.29 is 13.2 Å². The maximum absolute atomic E-state index is 12.0. The number of sulfonamides is 1. The van der Waals surface area contributed by atoms with Crippen LogP contribution in [0.15, 0.2) is 24.3 Å². The predicted octanol–water partition coefficient (Wildman–Crippen LogP) is 1.25. The molecule has 0 radical (unpaired) electrons. The molecule has 1 unspecified atom stereocenters. The zero-order chi connectivity index (χ0) is 15.0. The molecule has 1 aromatic rings. The molecule has 1 aromatic carbocycles. The Bertz CT molecular complexity index is 486. The molecule has 0 aliphatic heterocycles. The molecular weight excluding hydrogens is 276 g/mol. The minimum absolute atomic E-state index is 0.0114. The van der Waals surface area contributed by atoms with Gasteiger partial charge in [-0.15, -0.1) is 0 Å². The molecule has 0 fully saturated rings. The van der Waals surface area contributed by atoms with Crippen LogP contribution in [0, 0.1) is 0 Å². The van der Waals surface area contributed by atoms with Crippen molar-refractivity contribution >= 4 is 10.0 Å². The molecule has 114 valence electrons. The van der Waals surface area contributed by atoms with Gasteiger partial charge in [0.1, 0.15) is 0 Å². The highest BCUT2D eigenvalue weighted by atomic mass is 32.2. The fraction of sp³-hybridized carbons (Fsp3) is 0.571. The molecule has 0 aliphatic carbocycles. The molecule has 20 heavy (non-hydrogen) atoms. The lowest BCUT2D eigenvalue weighted by Crippen LogP contribution is -2.36. The van der Waals surface area contributed by atoms with Crippen LogP contribution in [0.2, 0.25) is 0 Å². The summed E-state index contributed by atoms with van der Waals surface area (Å²) in [5.41, 5.74) is 1.93. The van der Waals surface area contributed by atoms with Crippen molar-refractivity contribution in [3.63, 3.8) is 0 Å². The van der Waals surface area contributed by atoms with Gasteiger partial charge in [0, 0.05) is 19.7 Å². The average molecular weight is 300 g/mol. The third-order valence-electron chi connectivity index (χ3n) is 2.76. The van der Waals surface area contributed by atoms with Crippen LogP contribution in [0.3, 0.4) is 0 Å². The summed E-state index contributed by atoms with van der Waals surface area (Å²) in [7, 11) is -1.78. The average Bonchev–Trinajstić information content (AvgIpc) is 2.37. The summed E-state index contributed by atoms with van der Waals surface area (Å²) in [4.78, 5) is 0. The van der Waals surface area contributed by atoms with E-state index in [9.17, 15) is 8.42 Å². The smallest absolute Gasteiger partial charge is 0.216 e. The van der Waals surface area contributed by atoms with Crippen molar-refractivity contribution in [2.75, 3.05) is 20.3 Å². The third kappa shape index (κ3) is 6.47. The highest BCUT2D eigenvalue weighted by Gasteiger charge is 2.15. The normalized spacial score (nSPS) is 13.3. The Labute approximate surface area is 121 Å². The van der Waals surface area contributed by atoms with Gasteiger partial charge in [0.15, 0.2) is 0 Å². The van der Waals surface area contributed by atoms with E-state index in [-0.39, 0.29) is 11.8 Å². The van der Waals surface area contributed by atoms with E-state index in [1.54, 1.807) is 14.0 Å². The van der Waals surface area contributed by atoms with E-state index >= 15 is 0 Å². The number of hydrogen-bond acceptors (Lipinski definition) is 4. The summed E-state index contributed by atoms with van der Waals surface area (Å²) in [5, 5.41) is 3.23. The summed E-state index contributed by atoms with van der Waals surface area (Å²) in [6.07, 6.45) is 0. The van der Waals surface area contributed by atoms with Gasteiger partial charge in [-0.2, -0.15) is 0 Å². The standard InChI is InChI=1S/C14H24N2O3S/c1-4-15-9-13-5-7-14(8-6-13)11-20(17,18)16-12(2)10-19-3/h5-8,12,15-16H,4,9-11H2,1-3H3. The van der Waals surface area contributed by atoms with Crippen LogP contribution in [0.25, 0.3) is 0 Å². The Morgan fingerprint density at radius 3 is 2.35 bits per heavy atom. The maximum atomic E-state index is 12.0. The van der Waals surface area contributed by atoms with Gasteiger partial charge in [-0.05, 0) is 24.6 Å². The van der Waals surface area contributed by atoms with Crippen molar-refractivity contribution in [1.82, 2.24) is 10.0 Å². The first-order valence-electron chi connectivity index (χ1n) is 6.74. The van der Waals surface area contributed by atoms with E-state index in [1.807, 2.05) is 31.2 Å². The summed E-state index contributed by atoms with van der Waals surface area (Å²) in [6.45, 7) is 5.90. The largest absolute Gasteiger partial charge is 0.383 e. The fourth-order valence-corrected chi connectivity index (χ4v) is 3.27. The van der Waals surface area contributed by atoms with Gasteiger partial charge in [0.2, 0.25) is 10.0 Å².